The molecule has 2 rings (SSSR count). The van der Waals surface area contributed by atoms with E-state index in [1.165, 1.54) is 42.0 Å². The van der Waals surface area contributed by atoms with Crippen LogP contribution in [0.15, 0.2) is 54.6 Å². The Morgan fingerprint density at radius 1 is 0.818 bits per heavy atom. The van der Waals surface area contributed by atoms with E-state index in [9.17, 15) is 0 Å². The fourth-order valence-electron chi connectivity index (χ4n) is 2.61. The Labute approximate surface area is 147 Å². The maximum atomic E-state index is 2.26. The van der Waals surface area contributed by atoms with Crippen molar-refractivity contribution in [1.82, 2.24) is 0 Å². The van der Waals surface area contributed by atoms with Crippen LogP contribution in [-0.4, -0.2) is 14.1 Å². The minimum atomic E-state index is 0. The summed E-state index contributed by atoms with van der Waals surface area (Å²) in [5, 5.41) is 0. The van der Waals surface area contributed by atoms with E-state index in [1.807, 2.05) is 0 Å². The van der Waals surface area contributed by atoms with Crippen molar-refractivity contribution in [3.8, 4) is 0 Å². The Morgan fingerprint density at radius 3 is 1.95 bits per heavy atom. The summed E-state index contributed by atoms with van der Waals surface area (Å²) in [6.45, 7) is 2.26. The molecular formula is C20H26LiN. The first-order valence-corrected chi connectivity index (χ1v) is 7.91. The first kappa shape index (κ1) is 18.8. The number of hydrogen-bond acceptors (Lipinski definition) is 1. The molecule has 112 valence electrons. The number of benzene rings is 2. The van der Waals surface area contributed by atoms with Crippen LogP contribution in [0.4, 0.5) is 5.69 Å². The molecule has 0 spiro atoms. The van der Waals surface area contributed by atoms with Gasteiger partial charge in [-0.3, -0.25) is 0 Å². The van der Waals surface area contributed by atoms with Gasteiger partial charge in [0.25, 0.3) is 0 Å². The van der Waals surface area contributed by atoms with E-state index in [2.05, 4.69) is 80.5 Å². The molecule has 0 heterocycles. The van der Waals surface area contributed by atoms with Crippen molar-refractivity contribution in [3.05, 3.63) is 71.6 Å². The summed E-state index contributed by atoms with van der Waals surface area (Å²) in [5.74, 6) is 1.47. The molecule has 0 fully saturated rings. The topological polar surface area (TPSA) is 3.24 Å². The van der Waals surface area contributed by atoms with E-state index in [-0.39, 0.29) is 18.9 Å². The van der Waals surface area contributed by atoms with Gasteiger partial charge in [0.1, 0.15) is 0 Å². The van der Waals surface area contributed by atoms with Crippen molar-refractivity contribution in [1.29, 1.82) is 0 Å². The average Bonchev–Trinajstić information content (AvgIpc) is 2.53. The standard InChI is InChI=1S/C20H26N.Li/c1-4-5-7-12-20(17-10-8-6-9-11-17)18-13-15-19(16-14-18)21(2)3;/h6,8-11,13-16H,4-5,7,12H2,1-3H3;/q-1;+1. The van der Waals surface area contributed by atoms with E-state index >= 15 is 0 Å². The zero-order valence-electron chi connectivity index (χ0n) is 14.5. The van der Waals surface area contributed by atoms with Gasteiger partial charge in [-0.05, 0) is 0 Å². The van der Waals surface area contributed by atoms with E-state index in [0.29, 0.717) is 0 Å². The quantitative estimate of drug-likeness (QED) is 0.429. The second-order valence-electron chi connectivity index (χ2n) is 5.74. The Kier molecular flexibility index (Phi) is 8.24. The molecule has 0 aliphatic heterocycles. The second-order valence-corrected chi connectivity index (χ2v) is 5.74. The number of unbranched alkanes of at least 4 members (excludes halogenated alkanes) is 2. The van der Waals surface area contributed by atoms with Crippen molar-refractivity contribution in [2.75, 3.05) is 19.0 Å². The summed E-state index contributed by atoms with van der Waals surface area (Å²) in [4.78, 5) is 2.14. The number of nitrogens with zero attached hydrogens (tertiary/aromatic N) is 1. The van der Waals surface area contributed by atoms with Gasteiger partial charge in [-0.25, -0.2) is 0 Å². The molecule has 22 heavy (non-hydrogen) atoms. The van der Waals surface area contributed by atoms with Crippen LogP contribution in [-0.2, 0) is 0 Å². The third kappa shape index (κ3) is 5.16. The predicted octanol–water partition coefficient (Wildman–Crippen LogP) is 2.31. The number of rotatable bonds is 7. The van der Waals surface area contributed by atoms with Gasteiger partial charge in [-0.2, -0.15) is 0 Å². The normalized spacial score (nSPS) is 9.95. The zero-order valence-corrected chi connectivity index (χ0v) is 14.5. The monoisotopic (exact) mass is 287 g/mol. The van der Waals surface area contributed by atoms with Crippen molar-refractivity contribution in [2.45, 2.75) is 32.6 Å². The van der Waals surface area contributed by atoms with Crippen LogP contribution in [0.3, 0.4) is 0 Å². The third-order valence-corrected chi connectivity index (χ3v) is 3.88. The minimum absolute atomic E-state index is 0. The van der Waals surface area contributed by atoms with E-state index in [1.54, 1.807) is 0 Å². The summed E-state index contributed by atoms with van der Waals surface area (Å²) in [6, 6.07) is 19.7. The van der Waals surface area contributed by atoms with Gasteiger partial charge in [-0.1, -0.05) is 62.9 Å². The molecule has 2 aromatic rings. The van der Waals surface area contributed by atoms with Crippen molar-refractivity contribution >= 4 is 5.69 Å². The summed E-state index contributed by atoms with van der Waals surface area (Å²) < 4.78 is 0. The summed E-state index contributed by atoms with van der Waals surface area (Å²) in [5.41, 5.74) is 3.95. The van der Waals surface area contributed by atoms with Gasteiger partial charge in [0.05, 0.1) is 0 Å². The average molecular weight is 287 g/mol. The molecule has 0 bridgehead atoms. The summed E-state index contributed by atoms with van der Waals surface area (Å²) in [7, 11) is 4.16. The Morgan fingerprint density at radius 2 is 1.41 bits per heavy atom. The molecular weight excluding hydrogens is 261 g/mol. The van der Waals surface area contributed by atoms with Gasteiger partial charge >= 0.3 is 18.9 Å². The number of anilines is 1. The Hall–Kier alpha value is -1.29. The first-order valence-electron chi connectivity index (χ1n) is 7.91. The fraction of sp³-hybridized carbons (Fsp3) is 0.350. The van der Waals surface area contributed by atoms with Crippen LogP contribution < -0.4 is 23.8 Å². The molecule has 0 radical (unpaired) electrons. The minimum Gasteiger partial charge on any atom is -0.379 e. The van der Waals surface area contributed by atoms with Gasteiger partial charge < -0.3 is 4.90 Å². The van der Waals surface area contributed by atoms with Gasteiger partial charge in [0, 0.05) is 19.8 Å². The Bertz CT molecular complexity index is 519. The van der Waals surface area contributed by atoms with Crippen LogP contribution >= 0.6 is 0 Å². The summed E-state index contributed by atoms with van der Waals surface area (Å²) >= 11 is 0. The first-order chi connectivity index (χ1) is 10.2. The van der Waals surface area contributed by atoms with Gasteiger partial charge in [0.15, 0.2) is 0 Å². The smallest absolute Gasteiger partial charge is 0.379 e. The van der Waals surface area contributed by atoms with E-state index in [0.717, 1.165) is 6.42 Å². The van der Waals surface area contributed by atoms with E-state index in [4.69, 9.17) is 0 Å². The largest absolute Gasteiger partial charge is 1.00 e. The van der Waals surface area contributed by atoms with Crippen molar-refractivity contribution in [2.24, 2.45) is 0 Å². The number of hydrogen-bond donors (Lipinski definition) is 0. The molecule has 0 N–H and O–H groups in total. The molecule has 2 aromatic carbocycles. The maximum absolute atomic E-state index is 2.26. The van der Waals surface area contributed by atoms with Crippen LogP contribution in [0.25, 0.3) is 0 Å². The van der Waals surface area contributed by atoms with Crippen LogP contribution in [0, 0.1) is 5.92 Å². The van der Waals surface area contributed by atoms with Crippen LogP contribution in [0.2, 0.25) is 0 Å². The molecule has 0 atom stereocenters. The molecule has 0 saturated carbocycles. The van der Waals surface area contributed by atoms with Gasteiger partial charge in [0.2, 0.25) is 0 Å². The molecule has 1 nitrogen and oxygen atoms in total. The predicted molar refractivity (Wildman–Crippen MR) is 92.8 cm³/mol. The third-order valence-electron chi connectivity index (χ3n) is 3.88. The molecule has 0 amide bonds. The second kappa shape index (κ2) is 9.67. The van der Waals surface area contributed by atoms with Crippen molar-refractivity contribution in [3.63, 3.8) is 0 Å². The zero-order chi connectivity index (χ0) is 15.1. The SMILES string of the molecule is CCCCC[C-](c1ccccc1)c1ccc(N(C)C)cc1.[Li+]. The maximum Gasteiger partial charge on any atom is 1.00 e. The van der Waals surface area contributed by atoms with Gasteiger partial charge in [-0.15, -0.1) is 41.3 Å². The molecule has 0 aliphatic carbocycles. The summed E-state index contributed by atoms with van der Waals surface area (Å²) in [6.07, 6.45) is 4.98. The Balaban J connectivity index is 0.00000242. The molecule has 2 heteroatoms. The molecule has 0 unspecified atom stereocenters. The van der Waals surface area contributed by atoms with E-state index < -0.39 is 0 Å². The van der Waals surface area contributed by atoms with Crippen LogP contribution in [0.1, 0.15) is 43.7 Å². The molecule has 0 saturated heterocycles. The molecule has 0 aromatic heterocycles. The van der Waals surface area contributed by atoms with Crippen molar-refractivity contribution < 1.29 is 18.9 Å². The van der Waals surface area contributed by atoms with Crippen LogP contribution in [0.5, 0.6) is 0 Å². The fourth-order valence-corrected chi connectivity index (χ4v) is 2.61. The molecule has 0 aliphatic rings.